The van der Waals surface area contributed by atoms with Crippen molar-refractivity contribution in [2.45, 2.75) is 197 Å². The molecule has 514 valence electrons. The van der Waals surface area contributed by atoms with E-state index in [9.17, 15) is 25.5 Å². The van der Waals surface area contributed by atoms with Gasteiger partial charge < -0.3 is 46.0 Å². The zero-order valence-electron chi connectivity index (χ0n) is 59.9. The molecule has 2 atom stereocenters. The van der Waals surface area contributed by atoms with Gasteiger partial charge in [-0.2, -0.15) is 0 Å². The minimum atomic E-state index is 0.0331. The van der Waals surface area contributed by atoms with Gasteiger partial charge in [-0.25, -0.2) is 0 Å². The van der Waals surface area contributed by atoms with Gasteiger partial charge in [0.05, 0.1) is 0 Å². The molecule has 9 aromatic carbocycles. The van der Waals surface area contributed by atoms with Crippen molar-refractivity contribution in [1.82, 2.24) is 0 Å². The average Bonchev–Trinajstić information content (AvgIpc) is 1.06. The van der Waals surface area contributed by atoms with Crippen molar-refractivity contribution in [1.29, 1.82) is 0 Å². The molecule has 9 N–H and O–H groups in total. The molecule has 0 radical (unpaired) electrons. The molecule has 0 saturated heterocycles. The van der Waals surface area contributed by atoms with Crippen LogP contribution >= 0.6 is 0 Å². The molecule has 9 nitrogen and oxygen atoms in total. The van der Waals surface area contributed by atoms with E-state index in [0.29, 0.717) is 63.6 Å². The fraction of sp³-hybridized carbons (Fsp3) is 0.349. The van der Waals surface area contributed by atoms with E-state index in [2.05, 4.69) is 96.9 Å². The minimum absolute atomic E-state index is 0.0331. The highest BCUT2D eigenvalue weighted by molar-refractivity contribution is 5.56. The van der Waals surface area contributed by atoms with E-state index in [1.54, 1.807) is 78.9 Å². The lowest BCUT2D eigenvalue weighted by atomic mass is 9.86. The molecule has 9 rings (SSSR count). The molecule has 0 heterocycles. The van der Waals surface area contributed by atoms with Crippen LogP contribution in [0, 0.1) is 0 Å². The summed E-state index contributed by atoms with van der Waals surface area (Å²) in [7, 11) is 0. The Kier molecular flexibility index (Phi) is 42.2. The molecule has 0 bridgehead atoms. The third kappa shape index (κ3) is 37.4. The number of phenolic OH excluding ortho intramolecular Hbond substituents is 9. The number of rotatable bonds is 14. The maximum absolute atomic E-state index is 9.45. The van der Waals surface area contributed by atoms with Crippen LogP contribution in [0.4, 0.5) is 0 Å². The standard InChI is InChI=1S/5C10H14O.C9H12O.C9H10O.2C9H12O/c1-10(2,3)8-5-4-6-9(11)7-8;1-10(2,3)8-6-4-5-7-9(8)11;1-3-8(2)9-4-6-10(11)7-5-9;1-3-8(2)9-6-4-5-7-10(9)11;1-2-3-4-9-5-7-10(11)8-6-9;2*1-2-5-8-6-3-4-7-9(8)10;1-2-4-8-5-3-6-9(10)7-8;1-2-3-8-4-6-9(10)7-5-8/h2*4-7,11H,1-3H3;2*4-8,11H,3H2,1-2H3;5-8,11H,2-4H2,1H3;3-4,6-7,10H,2,5H2,1H3;2-7,10H,1H3;3,5-7,10H,2,4H2,1H3;4-7,10H,2-3H2,1H3/b;;;;;;5-2+;;. The second-order valence-corrected chi connectivity index (χ2v) is 25.4. The van der Waals surface area contributed by atoms with Crippen LogP contribution in [0.15, 0.2) is 224 Å². The lowest BCUT2D eigenvalue weighted by molar-refractivity contribution is 0.446. The number of allylic oxidation sites excluding steroid dienone is 1. The normalized spacial score (nSPS) is 11.0. The van der Waals surface area contributed by atoms with E-state index in [0.717, 1.165) is 85.6 Å². The SMILES string of the molecule is C/C=C/c1ccccc1O.CC(C)(C)c1cccc(O)c1.CC(C)(C)c1ccccc1O.CCC(C)c1ccc(O)cc1.CCC(C)c1ccccc1O.CCCCc1ccc(O)cc1.CCCc1ccc(O)cc1.CCCc1cccc(O)c1.CCCc1ccccc1O. The molecule has 9 aromatic rings. The molecule has 0 saturated carbocycles. The minimum Gasteiger partial charge on any atom is -0.508 e. The van der Waals surface area contributed by atoms with Crippen LogP contribution < -0.4 is 0 Å². The molecule has 0 amide bonds. The predicted molar refractivity (Wildman–Crippen MR) is 403 cm³/mol. The summed E-state index contributed by atoms with van der Waals surface area (Å²) in [6, 6.07) is 66.7. The lowest BCUT2D eigenvalue weighted by Crippen LogP contribution is -2.10. The predicted octanol–water partition coefficient (Wildman–Crippen LogP) is 23.4. The Balaban J connectivity index is 0.000000535. The summed E-state index contributed by atoms with van der Waals surface area (Å²) in [5.41, 5.74) is 10.4. The topological polar surface area (TPSA) is 182 Å². The van der Waals surface area contributed by atoms with E-state index in [-0.39, 0.29) is 10.8 Å². The second-order valence-electron chi connectivity index (χ2n) is 25.4. The molecule has 0 aliphatic heterocycles. The molecule has 95 heavy (non-hydrogen) atoms. The number of benzene rings is 9. The molecule has 0 spiro atoms. The number of para-hydroxylation sites is 4. The van der Waals surface area contributed by atoms with Crippen molar-refractivity contribution in [3.63, 3.8) is 0 Å². The van der Waals surface area contributed by atoms with Gasteiger partial charge in [-0.15, -0.1) is 0 Å². The maximum Gasteiger partial charge on any atom is 0.122 e. The Morgan fingerprint density at radius 1 is 0.347 bits per heavy atom. The summed E-state index contributed by atoms with van der Waals surface area (Å²) >= 11 is 0. The Hall–Kier alpha value is -9.08. The summed E-state index contributed by atoms with van der Waals surface area (Å²) in [5, 5.41) is 82.4. The quantitative estimate of drug-likeness (QED) is 0.0512. The third-order valence-electron chi connectivity index (χ3n) is 15.1. The number of phenols is 9. The van der Waals surface area contributed by atoms with Crippen LogP contribution in [-0.4, -0.2) is 46.0 Å². The molecule has 0 aliphatic rings. The van der Waals surface area contributed by atoms with Crippen LogP contribution in [0.25, 0.3) is 6.08 Å². The number of aryl methyl sites for hydroxylation is 4. The second kappa shape index (κ2) is 47.7. The van der Waals surface area contributed by atoms with Crippen LogP contribution in [0.2, 0.25) is 0 Å². The van der Waals surface area contributed by atoms with Crippen molar-refractivity contribution in [3.05, 3.63) is 275 Å². The zero-order chi connectivity index (χ0) is 71.2. The van der Waals surface area contributed by atoms with Gasteiger partial charge in [-0.05, 0) is 204 Å². The molecule has 0 fully saturated rings. The van der Waals surface area contributed by atoms with Crippen molar-refractivity contribution in [2.75, 3.05) is 0 Å². The molecule has 9 heteroatoms. The number of hydrogen-bond acceptors (Lipinski definition) is 9. The first-order valence-corrected chi connectivity index (χ1v) is 33.8. The Bertz CT molecular complexity index is 3430. The van der Waals surface area contributed by atoms with E-state index in [1.165, 1.54) is 35.1 Å². The van der Waals surface area contributed by atoms with E-state index in [4.69, 9.17) is 20.4 Å². The third-order valence-corrected chi connectivity index (χ3v) is 15.1. The first kappa shape index (κ1) is 83.9. The fourth-order valence-electron chi connectivity index (χ4n) is 9.04. The highest BCUT2D eigenvalue weighted by Crippen LogP contribution is 2.30. The fourth-order valence-corrected chi connectivity index (χ4v) is 9.04. The maximum atomic E-state index is 9.45. The van der Waals surface area contributed by atoms with E-state index < -0.39 is 0 Å². The van der Waals surface area contributed by atoms with E-state index in [1.807, 2.05) is 159 Å². The summed E-state index contributed by atoms with van der Waals surface area (Å²) in [5.74, 6) is 4.36. The molecule has 0 aromatic heterocycles. The zero-order valence-corrected chi connectivity index (χ0v) is 59.9. The number of aromatic hydroxyl groups is 9. The van der Waals surface area contributed by atoms with Crippen LogP contribution in [0.3, 0.4) is 0 Å². The van der Waals surface area contributed by atoms with Gasteiger partial charge in [0.1, 0.15) is 51.7 Å². The van der Waals surface area contributed by atoms with Gasteiger partial charge in [0.15, 0.2) is 0 Å². The Morgan fingerprint density at radius 2 is 0.789 bits per heavy atom. The summed E-state index contributed by atoms with van der Waals surface area (Å²) in [4.78, 5) is 0. The van der Waals surface area contributed by atoms with Crippen molar-refractivity contribution in [2.24, 2.45) is 0 Å². The highest BCUT2D eigenvalue weighted by atomic mass is 16.3. The van der Waals surface area contributed by atoms with Crippen LogP contribution in [-0.2, 0) is 36.5 Å². The molecular formula is C86H116O9. The van der Waals surface area contributed by atoms with Crippen molar-refractivity contribution >= 4 is 6.08 Å². The highest BCUT2D eigenvalue weighted by Gasteiger charge is 2.17. The lowest BCUT2D eigenvalue weighted by Gasteiger charge is -2.19. The Morgan fingerprint density at radius 3 is 1.21 bits per heavy atom. The van der Waals surface area contributed by atoms with Crippen LogP contribution in [0.1, 0.15) is 211 Å². The molecule has 0 aliphatic carbocycles. The number of unbranched alkanes of at least 4 members (excludes halogenated alkanes) is 1. The summed E-state index contributed by atoms with van der Waals surface area (Å²) in [6.45, 7) is 31.7. The average molecular weight is 1290 g/mol. The van der Waals surface area contributed by atoms with Gasteiger partial charge in [0.25, 0.3) is 0 Å². The van der Waals surface area contributed by atoms with Crippen LogP contribution in [0.5, 0.6) is 51.7 Å². The van der Waals surface area contributed by atoms with Gasteiger partial charge in [-0.3, -0.25) is 0 Å². The van der Waals surface area contributed by atoms with E-state index >= 15 is 0 Å². The smallest absolute Gasteiger partial charge is 0.122 e. The van der Waals surface area contributed by atoms with Gasteiger partial charge >= 0.3 is 0 Å². The molecule has 2 unspecified atom stereocenters. The van der Waals surface area contributed by atoms with Crippen molar-refractivity contribution < 1.29 is 46.0 Å². The first-order chi connectivity index (χ1) is 45.2. The van der Waals surface area contributed by atoms with Gasteiger partial charge in [0.2, 0.25) is 0 Å². The summed E-state index contributed by atoms with van der Waals surface area (Å²) < 4.78 is 0. The Labute approximate surface area is 572 Å². The first-order valence-electron chi connectivity index (χ1n) is 33.8. The molecular weight excluding hydrogens is 1180 g/mol. The van der Waals surface area contributed by atoms with Gasteiger partial charge in [0, 0.05) is 5.56 Å². The largest absolute Gasteiger partial charge is 0.508 e. The monoisotopic (exact) mass is 1290 g/mol. The summed E-state index contributed by atoms with van der Waals surface area (Å²) in [6.07, 6.45) is 16.0. The van der Waals surface area contributed by atoms with Gasteiger partial charge in [-0.1, -0.05) is 268 Å². The number of hydrogen-bond donors (Lipinski definition) is 9. The van der Waals surface area contributed by atoms with Crippen molar-refractivity contribution in [3.8, 4) is 51.7 Å².